The van der Waals surface area contributed by atoms with Gasteiger partial charge in [-0.1, -0.05) is 173 Å². The molecule has 0 spiro atoms. The van der Waals surface area contributed by atoms with Crippen LogP contribution in [0, 0.1) is 0 Å². The number of aliphatic hydroxyl groups excluding tert-OH is 7. The first kappa shape index (κ1) is 60.6. The van der Waals surface area contributed by atoms with Crippen LogP contribution in [0.15, 0.2) is 24.3 Å². The lowest BCUT2D eigenvalue weighted by Gasteiger charge is -2.42. The molecule has 2 fully saturated rings. The Morgan fingerprint density at radius 3 is 1.45 bits per heavy atom. The highest BCUT2D eigenvalue weighted by Crippen LogP contribution is 2.26. The van der Waals surface area contributed by atoms with Gasteiger partial charge in [0, 0.05) is 13.0 Å². The Morgan fingerprint density at radius 1 is 0.500 bits per heavy atom. The Bertz CT molecular complexity index is 1190. The summed E-state index contributed by atoms with van der Waals surface area (Å²) in [4.78, 5) is 12.9. The van der Waals surface area contributed by atoms with Crippen LogP contribution in [-0.4, -0.2) is 142 Å². The Labute approximate surface area is 398 Å². The molecule has 2 rings (SSSR count). The number of allylic oxidation sites excluding steroid dienone is 4. The molecule has 2 saturated heterocycles. The molecule has 2 aliphatic rings. The van der Waals surface area contributed by atoms with E-state index in [4.69, 9.17) is 28.4 Å². The van der Waals surface area contributed by atoms with Gasteiger partial charge in [0.15, 0.2) is 12.6 Å². The first-order chi connectivity index (χ1) is 32.1. The first-order valence-electron chi connectivity index (χ1n) is 26.4. The molecule has 14 heteroatoms. The molecule has 0 aromatic heterocycles. The molecule has 0 saturated carbocycles. The molecule has 0 bridgehead atoms. The summed E-state index contributed by atoms with van der Waals surface area (Å²) in [6.07, 6.45) is 26.8. The van der Waals surface area contributed by atoms with E-state index in [1.165, 1.54) is 128 Å². The maximum absolute atomic E-state index is 12.9. The number of ether oxygens (including phenoxy) is 6. The third-order valence-corrected chi connectivity index (χ3v) is 12.7. The summed E-state index contributed by atoms with van der Waals surface area (Å²) >= 11 is 0. The Kier molecular flexibility index (Phi) is 36.9. The molecule has 2 aliphatic heterocycles. The lowest BCUT2D eigenvalue weighted by molar-refractivity contribution is -0.332. The maximum atomic E-state index is 12.9. The van der Waals surface area contributed by atoms with Crippen molar-refractivity contribution in [1.29, 1.82) is 0 Å². The molecule has 0 aliphatic carbocycles. The summed E-state index contributed by atoms with van der Waals surface area (Å²) < 4.78 is 34.2. The van der Waals surface area contributed by atoms with E-state index in [-0.39, 0.29) is 25.6 Å². The number of unbranched alkanes of at least 4 members (excludes halogenated alkanes) is 24. The van der Waals surface area contributed by atoms with Crippen molar-refractivity contribution < 1.29 is 69.0 Å². The molecule has 0 radical (unpaired) electrons. The predicted octanol–water partition coefficient (Wildman–Crippen LogP) is 8.02. The van der Waals surface area contributed by atoms with Crippen LogP contribution in [0.1, 0.15) is 200 Å². The third-order valence-electron chi connectivity index (χ3n) is 12.7. The normalized spacial score (nSPS) is 26.4. The van der Waals surface area contributed by atoms with E-state index in [0.29, 0.717) is 13.0 Å². The van der Waals surface area contributed by atoms with Crippen LogP contribution in [0.5, 0.6) is 0 Å². The fourth-order valence-corrected chi connectivity index (χ4v) is 8.37. The van der Waals surface area contributed by atoms with Gasteiger partial charge in [-0.15, -0.1) is 0 Å². The van der Waals surface area contributed by atoms with Crippen LogP contribution in [-0.2, 0) is 33.2 Å². The molecular weight excluding hydrogens is 849 g/mol. The summed E-state index contributed by atoms with van der Waals surface area (Å²) in [5, 5.41) is 72.1. The molecule has 388 valence electrons. The van der Waals surface area contributed by atoms with Gasteiger partial charge in [-0.3, -0.25) is 4.79 Å². The van der Waals surface area contributed by atoms with Crippen LogP contribution in [0.3, 0.4) is 0 Å². The number of esters is 1. The summed E-state index contributed by atoms with van der Waals surface area (Å²) in [5.74, 6) is -0.378. The first-order valence-corrected chi connectivity index (χ1v) is 26.4. The van der Waals surface area contributed by atoms with Crippen LogP contribution in [0.4, 0.5) is 0 Å². The van der Waals surface area contributed by atoms with Crippen molar-refractivity contribution in [2.45, 2.75) is 268 Å². The molecule has 0 aromatic carbocycles. The van der Waals surface area contributed by atoms with Gasteiger partial charge < -0.3 is 64.2 Å². The van der Waals surface area contributed by atoms with E-state index in [0.717, 1.165) is 44.9 Å². The largest absolute Gasteiger partial charge is 0.457 e. The van der Waals surface area contributed by atoms with E-state index in [2.05, 4.69) is 38.2 Å². The third kappa shape index (κ3) is 27.6. The van der Waals surface area contributed by atoms with Crippen LogP contribution >= 0.6 is 0 Å². The monoisotopic (exact) mass is 945 g/mol. The van der Waals surface area contributed by atoms with Gasteiger partial charge in [-0.2, -0.15) is 0 Å². The number of carbonyl (C=O) groups excluding carboxylic acids is 1. The van der Waals surface area contributed by atoms with Gasteiger partial charge in [0.1, 0.15) is 54.9 Å². The lowest BCUT2D eigenvalue weighted by Crippen LogP contribution is -2.61. The number of hydrogen-bond acceptors (Lipinski definition) is 14. The van der Waals surface area contributed by atoms with Crippen molar-refractivity contribution in [1.82, 2.24) is 0 Å². The van der Waals surface area contributed by atoms with E-state index in [9.17, 15) is 40.5 Å². The number of aliphatic hydroxyl groups is 7. The average molecular weight is 945 g/mol. The zero-order valence-electron chi connectivity index (χ0n) is 41.2. The zero-order valence-corrected chi connectivity index (χ0v) is 41.2. The van der Waals surface area contributed by atoms with Crippen LogP contribution in [0.2, 0.25) is 0 Å². The van der Waals surface area contributed by atoms with Gasteiger partial charge in [-0.25, -0.2) is 0 Å². The van der Waals surface area contributed by atoms with Gasteiger partial charge in [0.25, 0.3) is 0 Å². The van der Waals surface area contributed by atoms with Crippen molar-refractivity contribution in [3.05, 3.63) is 24.3 Å². The van der Waals surface area contributed by atoms with Crippen molar-refractivity contribution in [3.63, 3.8) is 0 Å². The molecule has 11 atom stereocenters. The smallest absolute Gasteiger partial charge is 0.306 e. The van der Waals surface area contributed by atoms with Crippen molar-refractivity contribution in [2.24, 2.45) is 0 Å². The summed E-state index contributed by atoms with van der Waals surface area (Å²) in [6.45, 7) is 3.67. The fraction of sp³-hybridized carbons (Fsp3) is 0.904. The highest BCUT2D eigenvalue weighted by Gasteiger charge is 2.47. The molecular formula is C52H96O14. The molecule has 14 nitrogen and oxygen atoms in total. The summed E-state index contributed by atoms with van der Waals surface area (Å²) in [5.41, 5.74) is 0. The van der Waals surface area contributed by atoms with E-state index in [1.807, 2.05) is 0 Å². The van der Waals surface area contributed by atoms with Crippen LogP contribution < -0.4 is 0 Å². The molecule has 0 aromatic rings. The standard InChI is InChI=1S/C52H96O14/c1-3-5-7-9-11-13-15-16-17-18-19-20-21-22-23-24-25-26-28-30-32-34-36-61-38-41(64-44(54)35-33-31-29-27-14-12-10-8-6-4-2)39-62-51-50(60)48(58)46(56)43(66-51)40-63-52-49(59)47(57)45(55)42(37-53)65-52/h15-16,18-19,41-43,45-53,55-60H,3-14,17,20-40H2,1-2H3/b16-15-,19-18-. The van der Waals surface area contributed by atoms with Gasteiger partial charge in [-0.05, 0) is 44.9 Å². The highest BCUT2D eigenvalue weighted by atomic mass is 16.7. The average Bonchev–Trinajstić information content (AvgIpc) is 3.31. The molecule has 0 amide bonds. The van der Waals surface area contributed by atoms with E-state index in [1.54, 1.807) is 0 Å². The minimum absolute atomic E-state index is 0.0630. The van der Waals surface area contributed by atoms with Crippen LogP contribution in [0.25, 0.3) is 0 Å². The van der Waals surface area contributed by atoms with Gasteiger partial charge >= 0.3 is 5.97 Å². The number of carbonyl (C=O) groups is 1. The second kappa shape index (κ2) is 40.2. The SMILES string of the molecule is CCCCCCC/C=C\C/C=C\CCCCCCCCCCCCOCC(COC1OC(COC2OC(CO)C(O)C(O)C2O)C(O)C(O)C1O)OC(=O)CCCCCCCCCCCC. The predicted molar refractivity (Wildman–Crippen MR) is 257 cm³/mol. The molecule has 7 N–H and O–H groups in total. The van der Waals surface area contributed by atoms with Gasteiger partial charge in [0.05, 0.1) is 26.4 Å². The lowest BCUT2D eigenvalue weighted by atomic mass is 9.98. The topological polar surface area (TPSA) is 214 Å². The van der Waals surface area contributed by atoms with E-state index < -0.39 is 80.7 Å². The second-order valence-electron chi connectivity index (χ2n) is 18.7. The van der Waals surface area contributed by atoms with Crippen molar-refractivity contribution in [2.75, 3.05) is 33.0 Å². The molecule has 11 unspecified atom stereocenters. The summed E-state index contributed by atoms with van der Waals surface area (Å²) in [6, 6.07) is 0. The maximum Gasteiger partial charge on any atom is 0.306 e. The van der Waals surface area contributed by atoms with E-state index >= 15 is 0 Å². The Morgan fingerprint density at radius 2 is 0.939 bits per heavy atom. The number of rotatable bonds is 42. The van der Waals surface area contributed by atoms with Gasteiger partial charge in [0.2, 0.25) is 0 Å². The van der Waals surface area contributed by atoms with Crippen molar-refractivity contribution >= 4 is 5.97 Å². The highest BCUT2D eigenvalue weighted by molar-refractivity contribution is 5.69. The Balaban J connectivity index is 1.71. The number of hydrogen-bond donors (Lipinski definition) is 7. The van der Waals surface area contributed by atoms with Crippen molar-refractivity contribution in [3.8, 4) is 0 Å². The minimum Gasteiger partial charge on any atom is -0.457 e. The zero-order chi connectivity index (χ0) is 48.0. The molecule has 2 heterocycles. The Hall–Kier alpha value is -1.53. The quantitative estimate of drug-likeness (QED) is 0.0175. The fourth-order valence-electron chi connectivity index (χ4n) is 8.37. The minimum atomic E-state index is -1.70. The molecule has 66 heavy (non-hydrogen) atoms. The second-order valence-corrected chi connectivity index (χ2v) is 18.7. The summed E-state index contributed by atoms with van der Waals surface area (Å²) in [7, 11) is 0.